The first kappa shape index (κ1) is 56.7. The fourth-order valence-corrected chi connectivity index (χ4v) is 9.14. The largest absolute Gasteiger partial charge is 0.486 e. The summed E-state index contributed by atoms with van der Waals surface area (Å²) < 4.78 is 0. The molecule has 4 N–H and O–H groups in total. The molecule has 0 aliphatic heterocycles. The predicted molar refractivity (Wildman–Crippen MR) is 315 cm³/mol. The quantitative estimate of drug-likeness (QED) is 0.0179. The van der Waals surface area contributed by atoms with Gasteiger partial charge in [-0.25, -0.2) is 19.4 Å². The third-order valence-corrected chi connectivity index (χ3v) is 13.3. The van der Waals surface area contributed by atoms with E-state index in [4.69, 9.17) is 26.3 Å². The molecule has 0 bridgehead atoms. The first-order chi connectivity index (χ1) is 38.7. The van der Waals surface area contributed by atoms with E-state index >= 15 is 0 Å². The van der Waals surface area contributed by atoms with E-state index in [1.807, 2.05) is 109 Å². The van der Waals surface area contributed by atoms with Gasteiger partial charge in [0, 0.05) is 22.0 Å². The molecule has 0 fully saturated rings. The number of carboxylic acid groups (broad SMARTS) is 4. The fourth-order valence-electron chi connectivity index (χ4n) is 8.15. The Hall–Kier alpha value is -11.0. The summed E-state index contributed by atoms with van der Waals surface area (Å²) >= 11 is 1.80. The average Bonchev–Trinajstić information content (AvgIpc) is 3.49. The molecule has 7 aromatic rings. The summed E-state index contributed by atoms with van der Waals surface area (Å²) in [6.45, 7) is 31.3. The molecule has 0 unspecified atom stereocenters. The normalized spacial score (nSPS) is 11.4. The molecule has 7 aromatic carbocycles. The number of hydrogen-bond acceptors (Lipinski definition) is 6. The highest BCUT2D eigenvalue weighted by Crippen LogP contribution is 2.38. The number of hydrogen-bond donors (Lipinski definition) is 4. The van der Waals surface area contributed by atoms with Gasteiger partial charge in [-0.15, -0.1) is 11.8 Å². The van der Waals surface area contributed by atoms with Gasteiger partial charge in [0.05, 0.1) is 26.3 Å². The molecule has 0 saturated carbocycles. The minimum atomic E-state index is -1.33. The van der Waals surface area contributed by atoms with Crippen molar-refractivity contribution in [1.29, 1.82) is 0 Å². The lowest BCUT2D eigenvalue weighted by atomic mass is 9.94. The molecular formula is C66H47N5O8S. The Morgan fingerprint density at radius 3 is 0.863 bits per heavy atom. The molecule has 14 heteroatoms. The molecule has 0 saturated heterocycles. The zero-order chi connectivity index (χ0) is 57.1. The van der Waals surface area contributed by atoms with Gasteiger partial charge in [0.15, 0.2) is 0 Å². The first-order valence-corrected chi connectivity index (χ1v) is 25.6. The molecule has 0 amide bonds. The maximum atomic E-state index is 11.6. The zero-order valence-electron chi connectivity index (χ0n) is 42.8. The van der Waals surface area contributed by atoms with Crippen molar-refractivity contribution < 1.29 is 39.6 Å². The van der Waals surface area contributed by atoms with Crippen molar-refractivity contribution in [3.8, 4) is 0 Å². The van der Waals surface area contributed by atoms with Gasteiger partial charge in [0.1, 0.15) is 0 Å². The molecule has 0 aliphatic rings. The van der Waals surface area contributed by atoms with Crippen molar-refractivity contribution in [2.45, 2.75) is 24.7 Å². The lowest BCUT2D eigenvalue weighted by Crippen LogP contribution is -2.09. The molecule has 0 radical (unpaired) electrons. The van der Waals surface area contributed by atoms with Crippen LogP contribution in [0.15, 0.2) is 198 Å². The maximum absolute atomic E-state index is 11.6. The van der Waals surface area contributed by atoms with E-state index in [9.17, 15) is 39.6 Å². The summed E-state index contributed by atoms with van der Waals surface area (Å²) in [5.74, 6) is -4.32. The fraction of sp³-hybridized carbons (Fsp3) is 0.0606. The van der Waals surface area contributed by atoms with Crippen LogP contribution in [0.4, 0.5) is 17.1 Å². The van der Waals surface area contributed by atoms with Crippen LogP contribution in [0.25, 0.3) is 67.0 Å². The summed E-state index contributed by atoms with van der Waals surface area (Å²) in [6.07, 6.45) is 11.4. The number of carboxylic acids is 4. The van der Waals surface area contributed by atoms with Crippen LogP contribution in [0.5, 0.6) is 0 Å². The number of unbranched alkanes of at least 4 members (excludes halogenated alkanes) is 1. The Balaban J connectivity index is 1.29. The SMILES string of the molecule is [C-]#[N+]C(=Cc1ccc(C(=Cc2ccc(N(c3ccc(C=C(c4ccc(C=C([N+]#[C-])C(=O)O)cc4)c4ccc(C=C([N+]#[C-])C(=O)O)cc4)cc3)c3ccc(SCCCC)cc3)cc2)c2ccc(C=C([N+]#[C-])C(=O)O)cc2)cc1)C(=O)O. The zero-order valence-corrected chi connectivity index (χ0v) is 43.6. The van der Waals surface area contributed by atoms with Crippen molar-refractivity contribution in [3.63, 3.8) is 0 Å². The maximum Gasteiger partial charge on any atom is 0.333 e. The summed E-state index contributed by atoms with van der Waals surface area (Å²) in [5.41, 5.74) is 9.37. The lowest BCUT2D eigenvalue weighted by molar-refractivity contribution is -0.133. The van der Waals surface area contributed by atoms with E-state index in [0.717, 1.165) is 85.1 Å². The summed E-state index contributed by atoms with van der Waals surface area (Å²) in [6, 6.07) is 52.9. The minimum absolute atomic E-state index is 0.423. The summed E-state index contributed by atoms with van der Waals surface area (Å²) in [7, 11) is 0. The van der Waals surface area contributed by atoms with Gasteiger partial charge in [-0.1, -0.05) is 135 Å². The van der Waals surface area contributed by atoms with Gasteiger partial charge in [-0.05, 0) is 164 Å². The third-order valence-electron chi connectivity index (χ3n) is 12.2. The highest BCUT2D eigenvalue weighted by Gasteiger charge is 2.16. The average molecular weight is 1070 g/mol. The molecule has 0 atom stereocenters. The molecule has 13 nitrogen and oxygen atoms in total. The molecule has 7 rings (SSSR count). The smallest absolute Gasteiger partial charge is 0.333 e. The van der Waals surface area contributed by atoms with E-state index in [2.05, 4.69) is 55.5 Å². The number of benzene rings is 7. The van der Waals surface area contributed by atoms with Crippen LogP contribution < -0.4 is 4.90 Å². The van der Waals surface area contributed by atoms with Crippen LogP contribution in [0.2, 0.25) is 0 Å². The number of carbonyl (C=O) groups is 4. The standard InChI is InChI=1S/C66H47N5O8S/c1-6-7-36-80-56-34-32-55(33-35-56)71(53-28-16-43(17-29-53)37-57(49-20-8-45(9-21-49)39-59(67-2)63(72)73)50-22-10-46(11-23-50)40-60(68-3)64(74)75)54-30-18-44(19-31-54)38-58(51-24-12-47(13-25-51)41-61(69-4)65(76)77)52-26-14-48(15-27-52)42-62(70-5)66(78)79/h8-35,37-42H,6-7,36H2,1H3,(H,72,73)(H,74,75)(H,76,77)(H,78,79). The van der Waals surface area contributed by atoms with Gasteiger partial charge >= 0.3 is 23.9 Å². The van der Waals surface area contributed by atoms with Gasteiger partial charge in [-0.2, -0.15) is 0 Å². The van der Waals surface area contributed by atoms with Gasteiger partial charge in [-0.3, -0.25) is 19.2 Å². The Morgan fingerprint density at radius 1 is 0.388 bits per heavy atom. The van der Waals surface area contributed by atoms with Crippen molar-refractivity contribution in [3.05, 3.63) is 294 Å². The number of nitrogens with zero attached hydrogens (tertiary/aromatic N) is 5. The van der Waals surface area contributed by atoms with Gasteiger partial charge in [0.2, 0.25) is 0 Å². The second-order valence-corrected chi connectivity index (χ2v) is 18.8. The van der Waals surface area contributed by atoms with Crippen LogP contribution in [-0.4, -0.2) is 50.1 Å². The molecule has 0 spiro atoms. The predicted octanol–water partition coefficient (Wildman–Crippen LogP) is 15.6. The summed E-state index contributed by atoms with van der Waals surface area (Å²) in [5, 5.41) is 37.8. The van der Waals surface area contributed by atoms with E-state index in [1.165, 1.54) is 24.3 Å². The van der Waals surface area contributed by atoms with Crippen LogP contribution in [0.1, 0.15) is 75.4 Å². The summed E-state index contributed by atoms with van der Waals surface area (Å²) in [4.78, 5) is 62.1. The van der Waals surface area contributed by atoms with Gasteiger partial charge in [0.25, 0.3) is 22.8 Å². The van der Waals surface area contributed by atoms with Crippen molar-refractivity contribution in [2.24, 2.45) is 0 Å². The second-order valence-electron chi connectivity index (χ2n) is 17.6. The van der Waals surface area contributed by atoms with E-state index in [0.29, 0.717) is 22.3 Å². The van der Waals surface area contributed by atoms with Crippen LogP contribution in [-0.2, 0) is 19.2 Å². The Kier molecular flexibility index (Phi) is 19.2. The van der Waals surface area contributed by atoms with E-state index in [1.54, 1.807) is 60.3 Å². The topological polar surface area (TPSA) is 170 Å². The van der Waals surface area contributed by atoms with Crippen LogP contribution in [0.3, 0.4) is 0 Å². The molecule has 0 heterocycles. The number of thioether (sulfide) groups is 1. The van der Waals surface area contributed by atoms with Crippen LogP contribution >= 0.6 is 11.8 Å². The minimum Gasteiger partial charge on any atom is -0.486 e. The highest BCUT2D eigenvalue weighted by molar-refractivity contribution is 7.99. The number of anilines is 3. The van der Waals surface area contributed by atoms with E-state index in [-0.39, 0.29) is 0 Å². The Labute approximate surface area is 467 Å². The molecule has 0 aliphatic carbocycles. The molecule has 0 aromatic heterocycles. The Bertz CT molecular complexity index is 3430. The monoisotopic (exact) mass is 1070 g/mol. The van der Waals surface area contributed by atoms with E-state index < -0.39 is 46.7 Å². The highest BCUT2D eigenvalue weighted by atomic mass is 32.2. The van der Waals surface area contributed by atoms with Gasteiger partial charge < -0.3 is 25.3 Å². The Morgan fingerprint density at radius 2 is 0.625 bits per heavy atom. The number of aliphatic carboxylic acids is 4. The lowest BCUT2D eigenvalue weighted by Gasteiger charge is -2.26. The molecule has 80 heavy (non-hydrogen) atoms. The molecular weight excluding hydrogens is 1020 g/mol. The number of rotatable bonds is 21. The second kappa shape index (κ2) is 27.1. The van der Waals surface area contributed by atoms with Crippen LogP contribution in [0, 0.1) is 26.3 Å². The molecule has 390 valence electrons. The first-order valence-electron chi connectivity index (χ1n) is 24.6. The third kappa shape index (κ3) is 14.9. The van der Waals surface area contributed by atoms with Crippen molar-refractivity contribution in [2.75, 3.05) is 10.7 Å². The van der Waals surface area contributed by atoms with Crippen molar-refractivity contribution in [1.82, 2.24) is 0 Å². The van der Waals surface area contributed by atoms with Crippen molar-refractivity contribution >= 4 is 100 Å².